The molecule has 0 fully saturated rings. The Morgan fingerprint density at radius 3 is 2.05 bits per heavy atom. The van der Waals surface area contributed by atoms with Crippen LogP contribution in [-0.4, -0.2) is 10.6 Å². The van der Waals surface area contributed by atoms with Crippen molar-refractivity contribution in [3.8, 4) is 5.69 Å². The second-order valence-electron chi connectivity index (χ2n) is 18.5. The van der Waals surface area contributed by atoms with E-state index >= 15 is 0 Å². The first kappa shape index (κ1) is 39.9. The second-order valence-corrected chi connectivity index (χ2v) is 18.5. The fourth-order valence-corrected chi connectivity index (χ4v) is 11.2. The molecule has 66 heavy (non-hydrogen) atoms. The number of rotatable bonds is 8. The summed E-state index contributed by atoms with van der Waals surface area (Å²) < 4.78 is 2.42. The molecule has 0 saturated heterocycles. The van der Waals surface area contributed by atoms with Gasteiger partial charge in [-0.3, -0.25) is 0 Å². The number of hydrogen-bond acceptors (Lipinski definition) is 2. The van der Waals surface area contributed by atoms with Gasteiger partial charge in [-0.2, -0.15) is 0 Å². The number of nitrogens with zero attached hydrogens (tertiary/aromatic N) is 3. The summed E-state index contributed by atoms with van der Waals surface area (Å²) in [6.45, 7) is 6.62. The molecule has 3 aliphatic carbocycles. The molecule has 0 saturated carbocycles. The molecule has 0 spiro atoms. The molecule has 1 aliphatic heterocycles. The maximum absolute atomic E-state index is 2.64. The highest BCUT2D eigenvalue weighted by atomic mass is 15.2. The molecule has 7 aromatic carbocycles. The summed E-state index contributed by atoms with van der Waals surface area (Å²) in [5.74, 6) is 0.431. The van der Waals surface area contributed by atoms with Gasteiger partial charge in [0.25, 0.3) is 0 Å². The van der Waals surface area contributed by atoms with Crippen molar-refractivity contribution < 1.29 is 0 Å². The first-order valence-electron chi connectivity index (χ1n) is 23.7. The third-order valence-electron chi connectivity index (χ3n) is 14.4. The summed E-state index contributed by atoms with van der Waals surface area (Å²) in [4.78, 5) is 5.06. The van der Waals surface area contributed by atoms with Gasteiger partial charge in [-0.15, -0.1) is 0 Å². The van der Waals surface area contributed by atoms with Crippen molar-refractivity contribution in [2.45, 2.75) is 57.9 Å². The van der Waals surface area contributed by atoms with E-state index < -0.39 is 0 Å². The van der Waals surface area contributed by atoms with Gasteiger partial charge in [0.2, 0.25) is 0 Å². The smallest absolute Gasteiger partial charge is 0.0626 e. The first-order valence-corrected chi connectivity index (χ1v) is 23.7. The van der Waals surface area contributed by atoms with E-state index in [2.05, 4.69) is 248 Å². The van der Waals surface area contributed by atoms with Crippen molar-refractivity contribution in [3.05, 3.63) is 257 Å². The van der Waals surface area contributed by atoms with Gasteiger partial charge >= 0.3 is 0 Å². The molecule has 1 aromatic heterocycles. The summed E-state index contributed by atoms with van der Waals surface area (Å²) in [6.07, 6.45) is 24.0. The minimum Gasteiger partial charge on any atom is -0.337 e. The molecule has 0 radical (unpaired) electrons. The molecule has 0 bridgehead atoms. The lowest BCUT2D eigenvalue weighted by Crippen LogP contribution is -2.32. The fourth-order valence-electron chi connectivity index (χ4n) is 11.2. The van der Waals surface area contributed by atoms with Crippen LogP contribution in [0.4, 0.5) is 22.7 Å². The molecule has 4 aliphatic rings. The topological polar surface area (TPSA) is 11.4 Å². The number of allylic oxidation sites excluding steroid dienone is 10. The highest BCUT2D eigenvalue weighted by Crippen LogP contribution is 2.51. The van der Waals surface area contributed by atoms with Gasteiger partial charge in [0.05, 0.1) is 17.1 Å². The molecule has 3 atom stereocenters. The molecule has 0 N–H and O–H groups in total. The maximum Gasteiger partial charge on any atom is 0.0626 e. The largest absolute Gasteiger partial charge is 0.337 e. The zero-order chi connectivity index (χ0) is 44.3. The third kappa shape index (κ3) is 6.81. The average Bonchev–Trinajstić information content (AvgIpc) is 3.88. The third-order valence-corrected chi connectivity index (χ3v) is 14.4. The number of aromatic nitrogens is 1. The Labute approximate surface area is 389 Å². The average molecular weight is 852 g/mol. The van der Waals surface area contributed by atoms with E-state index in [0.29, 0.717) is 5.92 Å². The number of benzene rings is 7. The van der Waals surface area contributed by atoms with Crippen molar-refractivity contribution in [3.63, 3.8) is 0 Å². The minimum atomic E-state index is 0.103. The Morgan fingerprint density at radius 2 is 1.27 bits per heavy atom. The molecular formula is C63H53N3. The van der Waals surface area contributed by atoms with E-state index in [1.54, 1.807) is 0 Å². The Kier molecular flexibility index (Phi) is 9.94. The van der Waals surface area contributed by atoms with E-state index in [9.17, 15) is 0 Å². The van der Waals surface area contributed by atoms with Gasteiger partial charge in [0.15, 0.2) is 0 Å². The van der Waals surface area contributed by atoms with Crippen LogP contribution in [-0.2, 0) is 0 Å². The van der Waals surface area contributed by atoms with Crippen LogP contribution in [0.2, 0.25) is 0 Å². The maximum atomic E-state index is 2.64. The summed E-state index contributed by atoms with van der Waals surface area (Å²) in [7, 11) is 0. The van der Waals surface area contributed by atoms with Gasteiger partial charge < -0.3 is 14.4 Å². The van der Waals surface area contributed by atoms with E-state index in [1.807, 2.05) is 0 Å². The zero-order valence-electron chi connectivity index (χ0n) is 37.9. The van der Waals surface area contributed by atoms with Gasteiger partial charge in [-0.25, -0.2) is 0 Å². The van der Waals surface area contributed by atoms with Crippen molar-refractivity contribution >= 4 is 55.7 Å². The fraction of sp³-hybridized carbons (Fsp3) is 0.143. The summed E-state index contributed by atoms with van der Waals surface area (Å²) in [5, 5.41) is 2.53. The Hall–Kier alpha value is -7.62. The second kappa shape index (κ2) is 16.4. The number of fused-ring (bicyclic) bond motifs is 6. The lowest BCUT2D eigenvalue weighted by Gasteiger charge is -2.32. The van der Waals surface area contributed by atoms with Crippen molar-refractivity contribution in [2.24, 2.45) is 0 Å². The Morgan fingerprint density at radius 1 is 0.561 bits per heavy atom. The molecule has 3 unspecified atom stereocenters. The van der Waals surface area contributed by atoms with Gasteiger partial charge in [-0.05, 0) is 158 Å². The van der Waals surface area contributed by atoms with Gasteiger partial charge in [0.1, 0.15) is 0 Å². The highest BCUT2D eigenvalue weighted by molar-refractivity contribution is 6.11. The van der Waals surface area contributed by atoms with E-state index in [4.69, 9.17) is 0 Å². The number of para-hydroxylation sites is 2. The van der Waals surface area contributed by atoms with Crippen molar-refractivity contribution in [1.82, 2.24) is 4.57 Å². The predicted molar refractivity (Wildman–Crippen MR) is 280 cm³/mol. The number of aryl methyl sites for hydroxylation is 3. The van der Waals surface area contributed by atoms with Crippen LogP contribution in [0.1, 0.15) is 70.0 Å². The normalized spacial score (nSPS) is 18.6. The SMILES string of the molecule is Cc1ccc(N(c2ccc(C)cc2)c2ccc(C)c(C3CC=CC(c4ccc5c(c4)N(C4=CC=CCC4)C4C=CC=CC54)=C3c3ccc4c(c3)c3ccccc3n4-c3ccccc3)c2)cc1. The molecule has 2 heterocycles. The van der Waals surface area contributed by atoms with E-state index in [-0.39, 0.29) is 12.0 Å². The predicted octanol–water partition coefficient (Wildman–Crippen LogP) is 16.5. The monoisotopic (exact) mass is 851 g/mol. The number of anilines is 4. The lowest BCUT2D eigenvalue weighted by molar-refractivity contribution is 0.701. The number of hydrogen-bond donors (Lipinski definition) is 0. The summed E-state index contributed by atoms with van der Waals surface area (Å²) >= 11 is 0. The van der Waals surface area contributed by atoms with Crippen LogP contribution in [0.5, 0.6) is 0 Å². The van der Waals surface area contributed by atoms with Crippen LogP contribution < -0.4 is 9.80 Å². The van der Waals surface area contributed by atoms with Crippen LogP contribution in [0.25, 0.3) is 38.6 Å². The molecule has 12 rings (SSSR count). The minimum absolute atomic E-state index is 0.103. The van der Waals surface area contributed by atoms with E-state index in [1.165, 1.54) is 89.0 Å². The van der Waals surface area contributed by atoms with Crippen molar-refractivity contribution in [1.29, 1.82) is 0 Å². The molecule has 320 valence electrons. The lowest BCUT2D eigenvalue weighted by atomic mass is 9.75. The van der Waals surface area contributed by atoms with Crippen molar-refractivity contribution in [2.75, 3.05) is 9.80 Å². The Balaban J connectivity index is 1.08. The first-order chi connectivity index (χ1) is 32.5. The Bertz CT molecular complexity index is 3330. The van der Waals surface area contributed by atoms with Crippen LogP contribution in [0.3, 0.4) is 0 Å². The molecule has 8 aromatic rings. The van der Waals surface area contributed by atoms with Crippen LogP contribution in [0.15, 0.2) is 218 Å². The molecule has 3 nitrogen and oxygen atoms in total. The van der Waals surface area contributed by atoms with Crippen LogP contribution in [0, 0.1) is 20.8 Å². The summed E-state index contributed by atoms with van der Waals surface area (Å²) in [5.41, 5.74) is 21.5. The molecule has 0 amide bonds. The quantitative estimate of drug-likeness (QED) is 0.151. The van der Waals surface area contributed by atoms with E-state index in [0.717, 1.165) is 36.3 Å². The summed E-state index contributed by atoms with van der Waals surface area (Å²) in [6, 6.07) is 59.6. The van der Waals surface area contributed by atoms with Gasteiger partial charge in [0, 0.05) is 56.7 Å². The molecule has 3 heteroatoms. The standard InChI is InChI=1S/C63H53N3/c1-42-25-32-49(33-26-42)64(50-34-27-43(2)28-35-50)51-36-29-44(3)57(41-51)56-22-14-21-52(45-30-37-55-53-19-10-12-23-59(53)66(62(55)40-45)48-17-8-5-9-18-48)63(56)46-31-38-61-58(39-46)54-20-11-13-24-60(54)65(61)47-15-6-4-7-16-47/h4-8,10-17,19-21,23-41,53,56,59H,9,18,22H2,1-3H3. The molecular weight excluding hydrogens is 799 g/mol. The zero-order valence-corrected chi connectivity index (χ0v) is 37.9. The van der Waals surface area contributed by atoms with Gasteiger partial charge in [-0.1, -0.05) is 145 Å². The van der Waals surface area contributed by atoms with Crippen LogP contribution >= 0.6 is 0 Å². The highest BCUT2D eigenvalue weighted by Gasteiger charge is 2.39.